The zero-order chi connectivity index (χ0) is 16.8. The lowest BCUT2D eigenvalue weighted by Crippen LogP contribution is -2.40. The fourth-order valence-electron chi connectivity index (χ4n) is 2.11. The Morgan fingerprint density at radius 2 is 2.09 bits per heavy atom. The van der Waals surface area contributed by atoms with Gasteiger partial charge in [-0.3, -0.25) is 0 Å². The van der Waals surface area contributed by atoms with Crippen LogP contribution < -0.4 is 10.5 Å². The Kier molecular flexibility index (Phi) is 6.99. The number of unbranched alkanes of at least 4 members (excludes halogenated alkanes) is 1. The van der Waals surface area contributed by atoms with Gasteiger partial charge in [0.25, 0.3) is 0 Å². The Hall–Kier alpha value is -1.44. The van der Waals surface area contributed by atoms with Crippen LogP contribution in [0.1, 0.15) is 42.1 Å². The van der Waals surface area contributed by atoms with Crippen LogP contribution in [0.3, 0.4) is 0 Å². The number of hydrogen-bond donors (Lipinski definition) is 2. The Labute approximate surface area is 132 Å². The molecule has 0 aliphatic heterocycles. The molecule has 0 radical (unpaired) electrons. The monoisotopic (exact) mass is 328 g/mol. The smallest absolute Gasteiger partial charge is 0.339 e. The first-order valence-corrected chi connectivity index (χ1v) is 8.75. The zero-order valence-electron chi connectivity index (χ0n) is 13.3. The standard InChI is InChI=1S/C15H24N2O4S/c1-4-5-6-12(10-16)17-22(19,20)14-8-7-11(2)9-13(14)15(18)21-3/h7-9,12,17H,4-6,10,16H2,1-3H3. The van der Waals surface area contributed by atoms with Crippen LogP contribution in [-0.4, -0.2) is 34.1 Å². The highest BCUT2D eigenvalue weighted by Crippen LogP contribution is 2.19. The summed E-state index contributed by atoms with van der Waals surface area (Å²) in [7, 11) is -2.61. The quantitative estimate of drug-likeness (QED) is 0.706. The second kappa shape index (κ2) is 8.26. The Morgan fingerprint density at radius 3 is 2.64 bits per heavy atom. The van der Waals surface area contributed by atoms with Crippen LogP contribution in [0.5, 0.6) is 0 Å². The SMILES string of the molecule is CCCCC(CN)NS(=O)(=O)c1ccc(C)cc1C(=O)OC. The van der Waals surface area contributed by atoms with Crippen molar-refractivity contribution >= 4 is 16.0 Å². The number of nitrogens with two attached hydrogens (primary N) is 1. The highest BCUT2D eigenvalue weighted by molar-refractivity contribution is 7.89. The predicted molar refractivity (Wildman–Crippen MR) is 85.2 cm³/mol. The van der Waals surface area contributed by atoms with Crippen LogP contribution in [0.2, 0.25) is 0 Å². The molecule has 0 spiro atoms. The van der Waals surface area contributed by atoms with Crippen molar-refractivity contribution in [2.24, 2.45) is 5.73 Å². The van der Waals surface area contributed by atoms with Crippen molar-refractivity contribution in [3.05, 3.63) is 29.3 Å². The van der Waals surface area contributed by atoms with Gasteiger partial charge in [-0.25, -0.2) is 17.9 Å². The minimum atomic E-state index is -3.84. The van der Waals surface area contributed by atoms with Crippen LogP contribution in [0.4, 0.5) is 0 Å². The normalized spacial score (nSPS) is 12.9. The molecule has 3 N–H and O–H groups in total. The number of hydrogen-bond acceptors (Lipinski definition) is 5. The number of methoxy groups -OCH3 is 1. The lowest BCUT2D eigenvalue weighted by molar-refractivity contribution is 0.0596. The zero-order valence-corrected chi connectivity index (χ0v) is 14.1. The summed E-state index contributed by atoms with van der Waals surface area (Å²) < 4.78 is 32.3. The molecule has 0 bridgehead atoms. The molecule has 7 heteroatoms. The molecule has 6 nitrogen and oxygen atoms in total. The number of sulfonamides is 1. The van der Waals surface area contributed by atoms with E-state index < -0.39 is 16.0 Å². The van der Waals surface area contributed by atoms with Gasteiger partial charge in [-0.05, 0) is 25.5 Å². The van der Waals surface area contributed by atoms with Gasteiger partial charge in [0.2, 0.25) is 10.0 Å². The number of esters is 1. The topological polar surface area (TPSA) is 98.5 Å². The largest absolute Gasteiger partial charge is 0.465 e. The molecule has 0 aliphatic carbocycles. The van der Waals surface area contributed by atoms with Gasteiger partial charge in [-0.1, -0.05) is 31.4 Å². The summed E-state index contributed by atoms with van der Waals surface area (Å²) in [6.07, 6.45) is 2.49. The van der Waals surface area contributed by atoms with Gasteiger partial charge >= 0.3 is 5.97 Å². The van der Waals surface area contributed by atoms with Crippen LogP contribution in [-0.2, 0) is 14.8 Å². The molecule has 0 heterocycles. The number of carbonyl (C=O) groups excluding carboxylic acids is 1. The van der Waals surface area contributed by atoms with Crippen molar-refractivity contribution in [1.29, 1.82) is 0 Å². The van der Waals surface area contributed by atoms with E-state index in [2.05, 4.69) is 9.46 Å². The van der Waals surface area contributed by atoms with Crippen molar-refractivity contribution < 1.29 is 17.9 Å². The van der Waals surface area contributed by atoms with Crippen LogP contribution in [0.15, 0.2) is 23.1 Å². The number of aryl methyl sites for hydroxylation is 1. The summed E-state index contributed by atoms with van der Waals surface area (Å²) >= 11 is 0. The third-order valence-corrected chi connectivity index (χ3v) is 4.92. The number of benzene rings is 1. The molecule has 1 aromatic rings. The van der Waals surface area contributed by atoms with Crippen LogP contribution in [0, 0.1) is 6.92 Å². The molecule has 0 saturated heterocycles. The maximum absolute atomic E-state index is 12.5. The van der Waals surface area contributed by atoms with Gasteiger partial charge in [0.15, 0.2) is 0 Å². The van der Waals surface area contributed by atoms with E-state index in [9.17, 15) is 13.2 Å². The first kappa shape index (κ1) is 18.6. The summed E-state index contributed by atoms with van der Waals surface area (Å²) in [5.41, 5.74) is 6.44. The third-order valence-electron chi connectivity index (χ3n) is 3.34. The van der Waals surface area contributed by atoms with Crippen molar-refractivity contribution in [3.8, 4) is 0 Å². The molecule has 0 aliphatic rings. The van der Waals surface area contributed by atoms with Gasteiger partial charge in [-0.2, -0.15) is 0 Å². The summed E-state index contributed by atoms with van der Waals surface area (Å²) in [4.78, 5) is 11.7. The first-order chi connectivity index (χ1) is 10.4. The molecule has 0 amide bonds. The maximum atomic E-state index is 12.5. The van der Waals surface area contributed by atoms with Crippen LogP contribution >= 0.6 is 0 Å². The molecule has 1 atom stereocenters. The van der Waals surface area contributed by atoms with E-state index in [-0.39, 0.29) is 23.0 Å². The lowest BCUT2D eigenvalue weighted by Gasteiger charge is -2.18. The minimum Gasteiger partial charge on any atom is -0.465 e. The number of ether oxygens (including phenoxy) is 1. The molecule has 124 valence electrons. The molecule has 22 heavy (non-hydrogen) atoms. The van der Waals surface area contributed by atoms with Crippen molar-refractivity contribution in [3.63, 3.8) is 0 Å². The van der Waals surface area contributed by atoms with E-state index in [0.29, 0.717) is 6.42 Å². The number of rotatable bonds is 8. The lowest BCUT2D eigenvalue weighted by atomic mass is 10.1. The van der Waals surface area contributed by atoms with E-state index in [1.54, 1.807) is 13.0 Å². The number of nitrogens with one attached hydrogen (secondary N) is 1. The molecule has 0 fully saturated rings. The Balaban J connectivity index is 3.14. The fourth-order valence-corrected chi connectivity index (χ4v) is 3.56. The van der Waals surface area contributed by atoms with Gasteiger partial charge in [0, 0.05) is 12.6 Å². The highest BCUT2D eigenvalue weighted by Gasteiger charge is 2.25. The van der Waals surface area contributed by atoms with Gasteiger partial charge < -0.3 is 10.5 Å². The third kappa shape index (κ3) is 4.79. The summed E-state index contributed by atoms with van der Waals surface area (Å²) in [6.45, 7) is 4.01. The Morgan fingerprint density at radius 1 is 1.41 bits per heavy atom. The summed E-state index contributed by atoms with van der Waals surface area (Å²) in [6, 6.07) is 4.21. The van der Waals surface area contributed by atoms with Crippen molar-refractivity contribution in [1.82, 2.24) is 4.72 Å². The molecule has 1 aromatic carbocycles. The molecule has 0 saturated carbocycles. The van der Waals surface area contributed by atoms with E-state index in [4.69, 9.17) is 5.73 Å². The molecular weight excluding hydrogens is 304 g/mol. The molecule has 1 rings (SSSR count). The average molecular weight is 328 g/mol. The minimum absolute atomic E-state index is 0.0289. The van der Waals surface area contributed by atoms with Gasteiger partial charge in [0.05, 0.1) is 17.6 Å². The molecule has 1 unspecified atom stereocenters. The number of carbonyl (C=O) groups is 1. The van der Waals surface area contributed by atoms with Gasteiger partial charge in [-0.15, -0.1) is 0 Å². The predicted octanol–water partition coefficient (Wildman–Crippen LogP) is 1.58. The first-order valence-electron chi connectivity index (χ1n) is 7.27. The summed E-state index contributed by atoms with van der Waals surface area (Å²) in [5, 5.41) is 0. The summed E-state index contributed by atoms with van der Waals surface area (Å²) in [5.74, 6) is -0.679. The van der Waals surface area contributed by atoms with Crippen molar-refractivity contribution in [2.45, 2.75) is 44.0 Å². The Bertz CT molecular complexity index is 614. The highest BCUT2D eigenvalue weighted by atomic mass is 32.2. The average Bonchev–Trinajstić information content (AvgIpc) is 2.50. The van der Waals surface area contributed by atoms with E-state index in [0.717, 1.165) is 18.4 Å². The maximum Gasteiger partial charge on any atom is 0.339 e. The molecular formula is C15H24N2O4S. The molecule has 0 aromatic heterocycles. The second-order valence-electron chi connectivity index (χ2n) is 5.19. The van der Waals surface area contributed by atoms with Crippen molar-refractivity contribution in [2.75, 3.05) is 13.7 Å². The van der Waals surface area contributed by atoms with Gasteiger partial charge in [0.1, 0.15) is 0 Å². The van der Waals surface area contributed by atoms with E-state index >= 15 is 0 Å². The second-order valence-corrected chi connectivity index (χ2v) is 6.87. The van der Waals surface area contributed by atoms with Crippen LogP contribution in [0.25, 0.3) is 0 Å². The fraction of sp³-hybridized carbons (Fsp3) is 0.533. The van der Waals surface area contributed by atoms with E-state index in [1.165, 1.54) is 19.2 Å². The van der Waals surface area contributed by atoms with E-state index in [1.807, 2.05) is 6.92 Å².